The van der Waals surface area contributed by atoms with Crippen molar-refractivity contribution >= 4 is 36.6 Å². The quantitative estimate of drug-likeness (QED) is 0.129. The fourth-order valence-corrected chi connectivity index (χ4v) is 5.71. The molecular weight excluding hydrogens is 638 g/mol. The Balaban J connectivity index is 1.56. The summed E-state index contributed by atoms with van der Waals surface area (Å²) in [6.07, 6.45) is 2.42. The number of pyridine rings is 2. The molecule has 11 heteroatoms. The van der Waals surface area contributed by atoms with Crippen molar-refractivity contribution in [3.05, 3.63) is 87.9 Å². The van der Waals surface area contributed by atoms with Gasteiger partial charge in [-0.3, -0.25) is 9.38 Å². The number of nitrogens with zero attached hydrogens (tertiary/aromatic N) is 6. The number of hydrogen-bond donors (Lipinski definition) is 0. The summed E-state index contributed by atoms with van der Waals surface area (Å²) in [5, 5.41) is 8.93. The van der Waals surface area contributed by atoms with Crippen LogP contribution in [0.25, 0.3) is 22.6 Å². The molecule has 0 aliphatic heterocycles. The van der Waals surface area contributed by atoms with E-state index in [1.165, 1.54) is 12.3 Å². The van der Waals surface area contributed by atoms with Gasteiger partial charge in [-0.2, -0.15) is 0 Å². The molecule has 0 bridgehead atoms. The molecule has 1 aromatic carbocycles. The summed E-state index contributed by atoms with van der Waals surface area (Å²) in [4.78, 5) is 8.94. The van der Waals surface area contributed by atoms with Crippen LogP contribution in [0.15, 0.2) is 67.0 Å². The zero-order valence-electron chi connectivity index (χ0n) is 23.4. The highest BCUT2D eigenvalue weighted by Crippen LogP contribution is 2.38. The Morgan fingerprint density at radius 1 is 1.02 bits per heavy atom. The summed E-state index contributed by atoms with van der Waals surface area (Å²) in [6, 6.07) is 16.8. The molecule has 40 heavy (non-hydrogen) atoms. The van der Waals surface area contributed by atoms with E-state index in [2.05, 4.69) is 76.7 Å². The number of benzene rings is 1. The zero-order chi connectivity index (χ0) is 28.7. The molecule has 0 amide bonds. The van der Waals surface area contributed by atoms with Crippen molar-refractivity contribution in [3.8, 4) is 22.8 Å². The van der Waals surface area contributed by atoms with E-state index in [0.29, 0.717) is 17.2 Å². The molecule has 4 heterocycles. The van der Waals surface area contributed by atoms with Gasteiger partial charge in [-0.05, 0) is 78.0 Å². The predicted molar refractivity (Wildman–Crippen MR) is 164 cm³/mol. The minimum Gasteiger partial charge on any atom is -0.466 e. The van der Waals surface area contributed by atoms with E-state index in [1.807, 2.05) is 58.5 Å². The highest BCUT2D eigenvalue weighted by molar-refractivity contribution is 14.1. The zero-order valence-corrected chi connectivity index (χ0v) is 26.5. The van der Waals surface area contributed by atoms with Crippen LogP contribution in [0.2, 0.25) is 18.1 Å². The van der Waals surface area contributed by atoms with Gasteiger partial charge in [0.15, 0.2) is 14.4 Å². The Hall–Kier alpha value is -3.16. The Morgan fingerprint density at radius 2 is 1.77 bits per heavy atom. The van der Waals surface area contributed by atoms with Gasteiger partial charge in [0, 0.05) is 11.6 Å². The van der Waals surface area contributed by atoms with Crippen molar-refractivity contribution in [1.29, 1.82) is 0 Å². The summed E-state index contributed by atoms with van der Waals surface area (Å²) >= 11 is 2.23. The molecule has 208 valence electrons. The summed E-state index contributed by atoms with van der Waals surface area (Å²) in [7, 11) is -2.10. The molecule has 0 radical (unpaired) electrons. The molecule has 0 N–H and O–H groups in total. The van der Waals surface area contributed by atoms with Crippen molar-refractivity contribution in [3.63, 3.8) is 0 Å². The second kappa shape index (κ2) is 11.0. The fraction of sp³-hybridized carbons (Fsp3) is 0.310. The summed E-state index contributed by atoms with van der Waals surface area (Å²) < 4.78 is 31.6. The van der Waals surface area contributed by atoms with Gasteiger partial charge in [0.2, 0.25) is 5.88 Å². The van der Waals surface area contributed by atoms with E-state index in [0.717, 1.165) is 26.3 Å². The van der Waals surface area contributed by atoms with Crippen molar-refractivity contribution in [2.75, 3.05) is 6.61 Å². The van der Waals surface area contributed by atoms with Crippen LogP contribution in [-0.2, 0) is 4.43 Å². The SMILES string of the molecule is Cc1c(-c2cc(OC(CO[Si](C)(C)C(C)(C)C)c3ccc(F)cn3)n3c(I)cnc3c2)nnn1-c1ccccc1. The first-order valence-corrected chi connectivity index (χ1v) is 17.0. The van der Waals surface area contributed by atoms with E-state index in [4.69, 9.17) is 9.16 Å². The Morgan fingerprint density at radius 3 is 2.45 bits per heavy atom. The van der Waals surface area contributed by atoms with Gasteiger partial charge in [0.25, 0.3) is 0 Å². The highest BCUT2D eigenvalue weighted by Gasteiger charge is 2.38. The number of para-hydroxylation sites is 1. The maximum atomic E-state index is 13.8. The van der Waals surface area contributed by atoms with Gasteiger partial charge >= 0.3 is 0 Å². The number of ether oxygens (including phenoxy) is 1. The number of aromatic nitrogens is 6. The van der Waals surface area contributed by atoms with Crippen LogP contribution in [0.3, 0.4) is 0 Å². The molecule has 4 aromatic heterocycles. The normalized spacial score (nSPS) is 13.1. The van der Waals surface area contributed by atoms with Gasteiger partial charge in [0.1, 0.15) is 20.9 Å². The lowest BCUT2D eigenvalue weighted by Gasteiger charge is -2.37. The lowest BCUT2D eigenvalue weighted by atomic mass is 10.1. The molecule has 0 fully saturated rings. The second-order valence-corrected chi connectivity index (χ2v) is 17.1. The van der Waals surface area contributed by atoms with E-state index in [-0.39, 0.29) is 11.6 Å². The Labute approximate surface area is 247 Å². The number of imidazole rings is 1. The third kappa shape index (κ3) is 5.67. The van der Waals surface area contributed by atoms with Gasteiger partial charge in [-0.15, -0.1) is 5.10 Å². The second-order valence-electron chi connectivity index (χ2n) is 11.2. The lowest BCUT2D eigenvalue weighted by molar-refractivity contribution is 0.111. The van der Waals surface area contributed by atoms with Crippen LogP contribution in [0.1, 0.15) is 38.3 Å². The average molecular weight is 671 g/mol. The molecule has 0 aliphatic carbocycles. The van der Waals surface area contributed by atoms with Crippen molar-refractivity contribution in [2.45, 2.75) is 51.9 Å². The molecule has 1 unspecified atom stereocenters. The fourth-order valence-electron chi connectivity index (χ4n) is 4.08. The number of rotatable bonds is 8. The molecule has 5 rings (SSSR count). The number of halogens is 2. The third-order valence-electron chi connectivity index (χ3n) is 7.44. The Kier molecular flexibility index (Phi) is 7.81. The minimum atomic E-state index is -2.10. The topological polar surface area (TPSA) is 79.4 Å². The molecule has 5 aromatic rings. The third-order valence-corrected chi connectivity index (χ3v) is 12.7. The maximum absolute atomic E-state index is 13.8. The predicted octanol–water partition coefficient (Wildman–Crippen LogP) is 7.17. The van der Waals surface area contributed by atoms with Crippen LogP contribution in [0, 0.1) is 16.4 Å². The first kappa shape index (κ1) is 28.4. The van der Waals surface area contributed by atoms with Crippen LogP contribution < -0.4 is 4.74 Å². The summed E-state index contributed by atoms with van der Waals surface area (Å²) in [5.41, 5.74) is 4.66. The van der Waals surface area contributed by atoms with Crippen LogP contribution in [-0.4, -0.2) is 44.3 Å². The highest BCUT2D eigenvalue weighted by atomic mass is 127. The van der Waals surface area contributed by atoms with E-state index in [1.54, 1.807) is 12.3 Å². The number of fused-ring (bicyclic) bond motifs is 1. The lowest BCUT2D eigenvalue weighted by Crippen LogP contribution is -2.42. The largest absolute Gasteiger partial charge is 0.466 e. The molecule has 0 spiro atoms. The summed E-state index contributed by atoms with van der Waals surface area (Å²) in [5.74, 6) is 0.149. The maximum Gasteiger partial charge on any atom is 0.201 e. The first-order valence-electron chi connectivity index (χ1n) is 13.0. The Bertz CT molecular complexity index is 1630. The van der Waals surface area contributed by atoms with Gasteiger partial charge < -0.3 is 9.16 Å². The summed E-state index contributed by atoms with van der Waals surface area (Å²) in [6.45, 7) is 13.2. The monoisotopic (exact) mass is 670 g/mol. The molecule has 1 atom stereocenters. The van der Waals surface area contributed by atoms with Gasteiger partial charge in [-0.25, -0.2) is 14.1 Å². The van der Waals surface area contributed by atoms with E-state index < -0.39 is 20.2 Å². The minimum absolute atomic E-state index is 0.0167. The van der Waals surface area contributed by atoms with Crippen molar-refractivity contribution in [1.82, 2.24) is 29.4 Å². The molecule has 8 nitrogen and oxygen atoms in total. The average Bonchev–Trinajstić information content (AvgIpc) is 3.49. The van der Waals surface area contributed by atoms with E-state index >= 15 is 0 Å². The number of hydrogen-bond acceptors (Lipinski definition) is 6. The van der Waals surface area contributed by atoms with E-state index in [9.17, 15) is 4.39 Å². The standard InChI is InChI=1S/C29H32FIN6O2Si/c1-19-28(34-35-37(19)22-10-8-7-9-11-22)20-14-26-33-17-25(31)36(26)27(15-20)39-24(23-13-12-21(30)16-32-23)18-38-40(5,6)29(2,3)4/h7-17,24H,18H2,1-6H3. The van der Waals surface area contributed by atoms with Crippen molar-refractivity contribution in [2.24, 2.45) is 0 Å². The van der Waals surface area contributed by atoms with Gasteiger partial charge in [-0.1, -0.05) is 44.2 Å². The molecular formula is C29H32FIN6O2Si. The van der Waals surface area contributed by atoms with Crippen LogP contribution in [0.5, 0.6) is 5.88 Å². The van der Waals surface area contributed by atoms with Crippen LogP contribution >= 0.6 is 22.6 Å². The van der Waals surface area contributed by atoms with Crippen molar-refractivity contribution < 1.29 is 13.6 Å². The smallest absolute Gasteiger partial charge is 0.201 e. The molecule has 0 saturated heterocycles. The van der Waals surface area contributed by atoms with Crippen LogP contribution in [0.4, 0.5) is 4.39 Å². The molecule has 0 saturated carbocycles. The first-order chi connectivity index (χ1) is 18.9. The molecule has 0 aliphatic rings. The van der Waals surface area contributed by atoms with Gasteiger partial charge in [0.05, 0.1) is 36.1 Å².